The zero-order valence-electron chi connectivity index (χ0n) is 14.0. The molecule has 8 heteroatoms. The number of aromatic nitrogens is 3. The van der Waals surface area contributed by atoms with Crippen LogP contribution in [0.15, 0.2) is 41.6 Å². The highest BCUT2D eigenvalue weighted by Gasteiger charge is 2.30. The van der Waals surface area contributed by atoms with Gasteiger partial charge in [-0.05, 0) is 18.2 Å². The molecule has 1 fully saturated rings. The van der Waals surface area contributed by atoms with Crippen LogP contribution in [0.1, 0.15) is 11.4 Å². The molecule has 1 aliphatic heterocycles. The number of fused-ring (bicyclic) bond motifs is 1. The molecule has 1 amide bonds. The summed E-state index contributed by atoms with van der Waals surface area (Å²) in [5.41, 5.74) is 1.92. The Hall–Kier alpha value is -3.00. The molecule has 4 rings (SSSR count). The Morgan fingerprint density at radius 2 is 2.12 bits per heavy atom. The molecule has 0 bridgehead atoms. The SMILES string of the molecule is O=C1NCCN(Cc2cc(=O)c3cc(F)ccc3[nH]2)[C@H]1Cc1cnc[nH]1. The lowest BCUT2D eigenvalue weighted by Crippen LogP contribution is -2.55. The number of piperazine rings is 1. The monoisotopic (exact) mass is 355 g/mol. The van der Waals surface area contributed by atoms with Gasteiger partial charge in [0.05, 0.1) is 12.4 Å². The summed E-state index contributed by atoms with van der Waals surface area (Å²) >= 11 is 0. The Morgan fingerprint density at radius 1 is 1.23 bits per heavy atom. The van der Waals surface area contributed by atoms with Gasteiger partial charge >= 0.3 is 0 Å². The van der Waals surface area contributed by atoms with Gasteiger partial charge in [-0.1, -0.05) is 0 Å². The first kappa shape index (κ1) is 16.5. The summed E-state index contributed by atoms with van der Waals surface area (Å²) in [6.07, 6.45) is 3.79. The normalized spacial score (nSPS) is 18.2. The summed E-state index contributed by atoms with van der Waals surface area (Å²) in [5, 5.41) is 3.20. The van der Waals surface area contributed by atoms with Gasteiger partial charge in [0.1, 0.15) is 5.82 Å². The molecule has 0 unspecified atom stereocenters. The van der Waals surface area contributed by atoms with Crippen LogP contribution >= 0.6 is 0 Å². The maximum Gasteiger partial charge on any atom is 0.237 e. The van der Waals surface area contributed by atoms with Crippen molar-refractivity contribution in [2.24, 2.45) is 0 Å². The lowest BCUT2D eigenvalue weighted by Gasteiger charge is -2.34. The molecule has 2 aromatic heterocycles. The van der Waals surface area contributed by atoms with Crippen molar-refractivity contribution in [3.8, 4) is 0 Å². The fraction of sp³-hybridized carbons (Fsp3) is 0.278. The molecule has 1 aromatic carbocycles. The standard InChI is InChI=1S/C18H18FN5O2/c19-11-1-2-15-14(5-11)17(25)7-13(23-15)9-24-4-3-21-18(26)16(24)6-12-8-20-10-22-12/h1-2,5,7-8,10,16H,3-4,6,9H2,(H,20,22)(H,21,26)(H,23,25)/t16-/m0/s1. The quantitative estimate of drug-likeness (QED) is 0.649. The second kappa shape index (κ2) is 6.72. The third-order valence-corrected chi connectivity index (χ3v) is 4.63. The summed E-state index contributed by atoms with van der Waals surface area (Å²) in [6, 6.07) is 5.23. The molecule has 3 N–H and O–H groups in total. The van der Waals surface area contributed by atoms with Crippen LogP contribution < -0.4 is 10.7 Å². The molecule has 1 atom stereocenters. The van der Waals surface area contributed by atoms with Gasteiger partial charge in [0, 0.05) is 60.6 Å². The molecule has 1 saturated heterocycles. The van der Waals surface area contributed by atoms with Gasteiger partial charge in [0.25, 0.3) is 0 Å². The Kier molecular flexibility index (Phi) is 4.26. The molecule has 134 valence electrons. The van der Waals surface area contributed by atoms with E-state index in [0.717, 1.165) is 5.69 Å². The second-order valence-corrected chi connectivity index (χ2v) is 6.41. The van der Waals surface area contributed by atoms with E-state index in [0.29, 0.717) is 42.7 Å². The smallest absolute Gasteiger partial charge is 0.237 e. The number of halogens is 1. The molecule has 0 saturated carbocycles. The number of amides is 1. The van der Waals surface area contributed by atoms with Gasteiger partial charge in [0.2, 0.25) is 5.91 Å². The molecular weight excluding hydrogens is 337 g/mol. The van der Waals surface area contributed by atoms with E-state index in [1.54, 1.807) is 18.6 Å². The summed E-state index contributed by atoms with van der Waals surface area (Å²) in [5.74, 6) is -0.487. The number of pyridine rings is 1. The van der Waals surface area contributed by atoms with E-state index in [4.69, 9.17) is 0 Å². The van der Waals surface area contributed by atoms with Crippen LogP contribution in [-0.4, -0.2) is 44.9 Å². The molecule has 3 aromatic rings. The average molecular weight is 355 g/mol. The predicted molar refractivity (Wildman–Crippen MR) is 94.0 cm³/mol. The highest BCUT2D eigenvalue weighted by molar-refractivity contribution is 5.82. The largest absolute Gasteiger partial charge is 0.357 e. The van der Waals surface area contributed by atoms with Crippen LogP contribution in [0.5, 0.6) is 0 Å². The second-order valence-electron chi connectivity index (χ2n) is 6.41. The molecule has 3 heterocycles. The van der Waals surface area contributed by atoms with Crippen LogP contribution in [0.3, 0.4) is 0 Å². The van der Waals surface area contributed by atoms with Crippen molar-refractivity contribution in [2.45, 2.75) is 19.0 Å². The van der Waals surface area contributed by atoms with Crippen molar-refractivity contribution in [1.29, 1.82) is 0 Å². The number of H-pyrrole nitrogens is 2. The zero-order valence-corrected chi connectivity index (χ0v) is 14.0. The van der Waals surface area contributed by atoms with Gasteiger partial charge in [-0.3, -0.25) is 14.5 Å². The number of hydrogen-bond donors (Lipinski definition) is 3. The maximum absolute atomic E-state index is 13.4. The molecule has 1 aliphatic rings. The van der Waals surface area contributed by atoms with Crippen LogP contribution in [0, 0.1) is 5.82 Å². The molecule has 26 heavy (non-hydrogen) atoms. The summed E-state index contributed by atoms with van der Waals surface area (Å²) in [4.78, 5) is 36.8. The first-order valence-corrected chi connectivity index (χ1v) is 8.40. The minimum absolute atomic E-state index is 0.0453. The molecule has 7 nitrogen and oxygen atoms in total. The third kappa shape index (κ3) is 3.23. The number of hydrogen-bond acceptors (Lipinski definition) is 4. The Morgan fingerprint density at radius 3 is 2.92 bits per heavy atom. The number of imidazole rings is 1. The molecule has 0 spiro atoms. The van der Waals surface area contributed by atoms with E-state index in [1.807, 2.05) is 4.90 Å². The van der Waals surface area contributed by atoms with Gasteiger partial charge in [0.15, 0.2) is 5.43 Å². The molecule has 0 aliphatic carbocycles. The van der Waals surface area contributed by atoms with Crippen LogP contribution in [0.25, 0.3) is 10.9 Å². The Labute approximate surface area is 148 Å². The lowest BCUT2D eigenvalue weighted by atomic mass is 10.1. The first-order valence-electron chi connectivity index (χ1n) is 8.40. The van der Waals surface area contributed by atoms with Gasteiger partial charge in [-0.15, -0.1) is 0 Å². The van der Waals surface area contributed by atoms with Crippen molar-refractivity contribution in [3.63, 3.8) is 0 Å². The van der Waals surface area contributed by atoms with Crippen LogP contribution in [0.4, 0.5) is 4.39 Å². The highest BCUT2D eigenvalue weighted by atomic mass is 19.1. The average Bonchev–Trinajstić information content (AvgIpc) is 3.12. The first-order chi connectivity index (χ1) is 12.6. The number of aromatic amines is 2. The number of carbonyl (C=O) groups is 1. The molecule has 0 radical (unpaired) electrons. The minimum Gasteiger partial charge on any atom is -0.357 e. The highest BCUT2D eigenvalue weighted by Crippen LogP contribution is 2.15. The topological polar surface area (TPSA) is 93.9 Å². The van der Waals surface area contributed by atoms with Crippen molar-refractivity contribution in [3.05, 3.63) is 64.2 Å². The van der Waals surface area contributed by atoms with Crippen molar-refractivity contribution < 1.29 is 9.18 Å². The van der Waals surface area contributed by atoms with E-state index in [-0.39, 0.29) is 17.4 Å². The van der Waals surface area contributed by atoms with E-state index < -0.39 is 5.82 Å². The number of rotatable bonds is 4. The van der Waals surface area contributed by atoms with Gasteiger partial charge in [-0.2, -0.15) is 0 Å². The Balaban J connectivity index is 1.61. The van der Waals surface area contributed by atoms with Crippen molar-refractivity contribution in [1.82, 2.24) is 25.2 Å². The van der Waals surface area contributed by atoms with Crippen molar-refractivity contribution in [2.75, 3.05) is 13.1 Å². The maximum atomic E-state index is 13.4. The minimum atomic E-state index is -0.442. The Bertz CT molecular complexity index is 998. The van der Waals surface area contributed by atoms with Gasteiger partial charge < -0.3 is 15.3 Å². The van der Waals surface area contributed by atoms with E-state index >= 15 is 0 Å². The third-order valence-electron chi connectivity index (χ3n) is 4.63. The van der Waals surface area contributed by atoms with Crippen LogP contribution in [0.2, 0.25) is 0 Å². The van der Waals surface area contributed by atoms with E-state index in [9.17, 15) is 14.0 Å². The predicted octanol–water partition coefficient (Wildman–Crippen LogP) is 0.933. The summed E-state index contributed by atoms with van der Waals surface area (Å²) in [6.45, 7) is 1.66. The summed E-state index contributed by atoms with van der Waals surface area (Å²) < 4.78 is 13.4. The number of nitrogens with zero attached hydrogens (tertiary/aromatic N) is 2. The lowest BCUT2D eigenvalue weighted by molar-refractivity contribution is -0.129. The number of nitrogens with one attached hydrogen (secondary N) is 3. The summed E-state index contributed by atoms with van der Waals surface area (Å²) in [7, 11) is 0. The molecular formula is C18H18FN5O2. The zero-order chi connectivity index (χ0) is 18.1. The number of benzene rings is 1. The van der Waals surface area contributed by atoms with Gasteiger partial charge in [-0.25, -0.2) is 9.37 Å². The number of carbonyl (C=O) groups excluding carboxylic acids is 1. The van der Waals surface area contributed by atoms with Crippen molar-refractivity contribution >= 4 is 16.8 Å². The van der Waals surface area contributed by atoms with Crippen LogP contribution in [-0.2, 0) is 17.8 Å². The fourth-order valence-corrected chi connectivity index (χ4v) is 3.36. The van der Waals surface area contributed by atoms with E-state index in [1.165, 1.54) is 18.2 Å². The van der Waals surface area contributed by atoms with E-state index in [2.05, 4.69) is 20.3 Å². The fourth-order valence-electron chi connectivity index (χ4n) is 3.36.